The van der Waals surface area contributed by atoms with Crippen LogP contribution in [-0.4, -0.2) is 10.1 Å². The average molecular weight is 404 g/mol. The van der Waals surface area contributed by atoms with Gasteiger partial charge < -0.3 is 15.6 Å². The van der Waals surface area contributed by atoms with Gasteiger partial charge in [-0.25, -0.2) is 0 Å². The molecule has 0 saturated heterocycles. The van der Waals surface area contributed by atoms with E-state index in [2.05, 4.69) is 33.8 Å². The monoisotopic (exact) mass is 403 g/mol. The molecule has 2 aromatic carbocycles. The van der Waals surface area contributed by atoms with Crippen LogP contribution in [0.25, 0.3) is 10.9 Å². The molecule has 1 aromatic heterocycles. The van der Waals surface area contributed by atoms with Crippen LogP contribution in [0.2, 0.25) is 10.0 Å². The second kappa shape index (κ2) is 7.47. The van der Waals surface area contributed by atoms with Crippen molar-refractivity contribution < 1.29 is 0 Å². The van der Waals surface area contributed by atoms with Crippen molar-refractivity contribution in [3.63, 3.8) is 0 Å². The number of fused-ring (bicyclic) bond motifs is 3. The molecule has 0 fully saturated rings. The molecule has 26 heavy (non-hydrogen) atoms. The Morgan fingerprint density at radius 2 is 1.88 bits per heavy atom. The minimum Gasteiger partial charge on any atom is -0.358 e. The lowest BCUT2D eigenvalue weighted by Gasteiger charge is -2.12. The summed E-state index contributed by atoms with van der Waals surface area (Å²) in [7, 11) is 0. The predicted octanol–water partition coefficient (Wildman–Crippen LogP) is 5.84. The van der Waals surface area contributed by atoms with Crippen molar-refractivity contribution in [2.45, 2.75) is 32.2 Å². The summed E-state index contributed by atoms with van der Waals surface area (Å²) in [5.74, 6) is 0. The van der Waals surface area contributed by atoms with Gasteiger partial charge >= 0.3 is 0 Å². The molecule has 134 valence electrons. The normalized spacial score (nSPS) is 13.5. The van der Waals surface area contributed by atoms with Gasteiger partial charge in [0, 0.05) is 28.8 Å². The van der Waals surface area contributed by atoms with Crippen LogP contribution >= 0.6 is 35.4 Å². The Labute approximate surface area is 168 Å². The molecule has 0 amide bonds. The van der Waals surface area contributed by atoms with E-state index in [1.807, 2.05) is 6.07 Å². The molecule has 0 bridgehead atoms. The van der Waals surface area contributed by atoms with E-state index in [1.165, 1.54) is 47.0 Å². The maximum atomic E-state index is 6.03. The first-order chi connectivity index (χ1) is 12.6. The van der Waals surface area contributed by atoms with Crippen molar-refractivity contribution in [3.05, 3.63) is 63.3 Å². The third kappa shape index (κ3) is 3.68. The fraction of sp³-hybridized carbons (Fsp3) is 0.250. The fourth-order valence-electron chi connectivity index (χ4n) is 3.49. The molecule has 0 atom stereocenters. The maximum absolute atomic E-state index is 6.03. The molecular weight excluding hydrogens is 385 g/mol. The highest BCUT2D eigenvalue weighted by atomic mass is 35.5. The summed E-state index contributed by atoms with van der Waals surface area (Å²) in [5.41, 5.74) is 6.16. The van der Waals surface area contributed by atoms with Crippen LogP contribution in [0, 0.1) is 0 Å². The Hall–Kier alpha value is -1.75. The smallest absolute Gasteiger partial charge is 0.171 e. The molecule has 0 aliphatic heterocycles. The predicted molar refractivity (Wildman–Crippen MR) is 114 cm³/mol. The molecule has 0 unspecified atom stereocenters. The van der Waals surface area contributed by atoms with Crippen molar-refractivity contribution in [1.29, 1.82) is 0 Å². The largest absolute Gasteiger partial charge is 0.358 e. The summed E-state index contributed by atoms with van der Waals surface area (Å²) in [6.07, 6.45) is 4.89. The second-order valence-corrected chi connectivity index (χ2v) is 7.83. The molecule has 3 nitrogen and oxygen atoms in total. The van der Waals surface area contributed by atoms with Crippen LogP contribution in [0.4, 0.5) is 5.69 Å². The minimum absolute atomic E-state index is 0.502. The summed E-state index contributed by atoms with van der Waals surface area (Å²) in [6, 6.07) is 11.9. The second-order valence-electron chi connectivity index (χ2n) is 6.61. The highest BCUT2D eigenvalue weighted by molar-refractivity contribution is 7.80. The molecular formula is C20H19Cl2N3S. The van der Waals surface area contributed by atoms with E-state index >= 15 is 0 Å². The number of thiocarbonyl (C=S) groups is 1. The standard InChI is InChI=1S/C20H19Cl2N3S/c21-16-7-6-13(10-17(16)22)24-20(26)23-11-12-5-8-19-15(9-12)14-3-1-2-4-18(14)25-19/h5-10,25H,1-4,11H2,(H2,23,24,26). The average Bonchev–Trinajstić information content (AvgIpc) is 3.01. The number of rotatable bonds is 3. The molecule has 3 N–H and O–H groups in total. The Kier molecular flexibility index (Phi) is 5.07. The number of aromatic amines is 1. The van der Waals surface area contributed by atoms with Gasteiger partial charge in [-0.1, -0.05) is 29.3 Å². The van der Waals surface area contributed by atoms with Gasteiger partial charge in [0.25, 0.3) is 0 Å². The summed E-state index contributed by atoms with van der Waals surface area (Å²) >= 11 is 17.4. The van der Waals surface area contributed by atoms with Gasteiger partial charge in [0.1, 0.15) is 0 Å². The molecule has 1 aliphatic carbocycles. The Morgan fingerprint density at radius 3 is 2.73 bits per heavy atom. The zero-order valence-corrected chi connectivity index (χ0v) is 16.5. The number of H-pyrrole nitrogens is 1. The third-order valence-corrected chi connectivity index (χ3v) is 5.78. The van der Waals surface area contributed by atoms with Gasteiger partial charge in [-0.2, -0.15) is 0 Å². The minimum atomic E-state index is 0.502. The Morgan fingerprint density at radius 1 is 1.04 bits per heavy atom. The molecule has 0 spiro atoms. The van der Waals surface area contributed by atoms with Gasteiger partial charge in [0.15, 0.2) is 5.11 Å². The van der Waals surface area contributed by atoms with Gasteiger partial charge in [0.05, 0.1) is 10.0 Å². The number of nitrogens with one attached hydrogen (secondary N) is 3. The van der Waals surface area contributed by atoms with E-state index in [0.717, 1.165) is 12.1 Å². The number of hydrogen-bond acceptors (Lipinski definition) is 1. The highest BCUT2D eigenvalue weighted by Gasteiger charge is 2.15. The Bertz CT molecular complexity index is 981. The quantitative estimate of drug-likeness (QED) is 0.481. The summed E-state index contributed by atoms with van der Waals surface area (Å²) in [5, 5.41) is 9.32. The number of aryl methyl sites for hydroxylation is 2. The molecule has 3 aromatic rings. The van der Waals surface area contributed by atoms with E-state index in [1.54, 1.807) is 12.1 Å². The summed E-state index contributed by atoms with van der Waals surface area (Å²) in [6.45, 7) is 0.670. The summed E-state index contributed by atoms with van der Waals surface area (Å²) in [4.78, 5) is 3.57. The highest BCUT2D eigenvalue weighted by Crippen LogP contribution is 2.29. The first-order valence-corrected chi connectivity index (χ1v) is 9.89. The van der Waals surface area contributed by atoms with Crippen molar-refractivity contribution in [2.75, 3.05) is 5.32 Å². The van der Waals surface area contributed by atoms with Crippen LogP contribution in [-0.2, 0) is 19.4 Å². The van der Waals surface area contributed by atoms with Crippen LogP contribution < -0.4 is 10.6 Å². The lowest BCUT2D eigenvalue weighted by atomic mass is 9.95. The molecule has 0 saturated carbocycles. The zero-order valence-electron chi connectivity index (χ0n) is 14.2. The number of aromatic nitrogens is 1. The number of hydrogen-bond donors (Lipinski definition) is 3. The van der Waals surface area contributed by atoms with E-state index in [0.29, 0.717) is 21.7 Å². The molecule has 1 aliphatic rings. The van der Waals surface area contributed by atoms with Crippen LogP contribution in [0.3, 0.4) is 0 Å². The van der Waals surface area contributed by atoms with Crippen molar-refractivity contribution >= 4 is 57.1 Å². The van der Waals surface area contributed by atoms with Gasteiger partial charge in [-0.15, -0.1) is 0 Å². The third-order valence-electron chi connectivity index (χ3n) is 4.79. The van der Waals surface area contributed by atoms with Gasteiger partial charge in [-0.05, 0) is 79.4 Å². The van der Waals surface area contributed by atoms with E-state index in [-0.39, 0.29) is 0 Å². The van der Waals surface area contributed by atoms with Crippen molar-refractivity contribution in [1.82, 2.24) is 10.3 Å². The first kappa shape index (κ1) is 17.7. The number of anilines is 1. The van der Waals surface area contributed by atoms with E-state index in [9.17, 15) is 0 Å². The maximum Gasteiger partial charge on any atom is 0.171 e. The topological polar surface area (TPSA) is 39.9 Å². The Balaban J connectivity index is 1.43. The number of halogens is 2. The molecule has 6 heteroatoms. The lowest BCUT2D eigenvalue weighted by molar-refractivity contribution is 0.680. The van der Waals surface area contributed by atoms with Crippen LogP contribution in [0.15, 0.2) is 36.4 Å². The van der Waals surface area contributed by atoms with Gasteiger partial charge in [0.2, 0.25) is 0 Å². The van der Waals surface area contributed by atoms with Crippen LogP contribution in [0.5, 0.6) is 0 Å². The summed E-state index contributed by atoms with van der Waals surface area (Å²) < 4.78 is 0. The van der Waals surface area contributed by atoms with Crippen LogP contribution in [0.1, 0.15) is 29.7 Å². The fourth-order valence-corrected chi connectivity index (χ4v) is 3.98. The van der Waals surface area contributed by atoms with E-state index < -0.39 is 0 Å². The SMILES string of the molecule is S=C(NCc1ccc2[nH]c3c(c2c1)CCCC3)Nc1ccc(Cl)c(Cl)c1. The molecule has 1 heterocycles. The number of benzene rings is 2. The van der Waals surface area contributed by atoms with Gasteiger partial charge in [-0.3, -0.25) is 0 Å². The molecule has 4 rings (SSSR count). The molecule has 0 radical (unpaired) electrons. The lowest BCUT2D eigenvalue weighted by Crippen LogP contribution is -2.27. The van der Waals surface area contributed by atoms with E-state index in [4.69, 9.17) is 35.4 Å². The van der Waals surface area contributed by atoms with Crippen molar-refractivity contribution in [2.24, 2.45) is 0 Å². The van der Waals surface area contributed by atoms with Crippen molar-refractivity contribution in [3.8, 4) is 0 Å². The zero-order chi connectivity index (χ0) is 18.1. The first-order valence-electron chi connectivity index (χ1n) is 8.72.